The summed E-state index contributed by atoms with van der Waals surface area (Å²) in [6.07, 6.45) is 2.08. The third kappa shape index (κ3) is 5.16. The highest BCUT2D eigenvalue weighted by atomic mass is 79.9. The van der Waals surface area contributed by atoms with Crippen LogP contribution in [0.3, 0.4) is 0 Å². The number of amides is 1. The van der Waals surface area contributed by atoms with Gasteiger partial charge in [0.05, 0.1) is 0 Å². The van der Waals surface area contributed by atoms with Crippen LogP contribution in [0, 0.1) is 0 Å². The van der Waals surface area contributed by atoms with E-state index in [4.69, 9.17) is 4.74 Å². The van der Waals surface area contributed by atoms with Gasteiger partial charge in [-0.3, -0.25) is 4.79 Å². The molecule has 0 aliphatic rings. The molecule has 0 aliphatic carbocycles. The summed E-state index contributed by atoms with van der Waals surface area (Å²) in [7, 11) is 0. The van der Waals surface area contributed by atoms with E-state index in [2.05, 4.69) is 28.2 Å². The van der Waals surface area contributed by atoms with E-state index in [1.807, 2.05) is 24.3 Å². The van der Waals surface area contributed by atoms with Crippen molar-refractivity contribution in [3.8, 4) is 5.75 Å². The standard InChI is InChI=1S/C12H16BrNO2/c1-2-3-7-14-12(15)9-16-11-6-4-5-10(13)8-11/h4-6,8H,2-3,7,9H2,1H3,(H,14,15). The van der Waals surface area contributed by atoms with Gasteiger partial charge in [-0.05, 0) is 24.6 Å². The first-order valence-corrected chi connectivity index (χ1v) is 6.16. The molecule has 1 rings (SSSR count). The highest BCUT2D eigenvalue weighted by molar-refractivity contribution is 9.10. The summed E-state index contributed by atoms with van der Waals surface area (Å²) in [6, 6.07) is 7.44. The summed E-state index contributed by atoms with van der Waals surface area (Å²) in [5.41, 5.74) is 0. The van der Waals surface area contributed by atoms with Crippen LogP contribution in [0.4, 0.5) is 0 Å². The average Bonchev–Trinajstić information content (AvgIpc) is 2.27. The molecule has 0 fully saturated rings. The van der Waals surface area contributed by atoms with E-state index in [0.29, 0.717) is 5.75 Å². The van der Waals surface area contributed by atoms with Crippen molar-refractivity contribution >= 4 is 21.8 Å². The van der Waals surface area contributed by atoms with Crippen molar-refractivity contribution in [2.45, 2.75) is 19.8 Å². The Kier molecular flexibility index (Phi) is 5.93. The Labute approximate surface area is 104 Å². The van der Waals surface area contributed by atoms with Crippen LogP contribution in [0.15, 0.2) is 28.7 Å². The monoisotopic (exact) mass is 285 g/mol. The molecule has 1 amide bonds. The fraction of sp³-hybridized carbons (Fsp3) is 0.417. The number of hydrogen-bond donors (Lipinski definition) is 1. The van der Waals surface area contributed by atoms with Crippen LogP contribution in [0.1, 0.15) is 19.8 Å². The smallest absolute Gasteiger partial charge is 0.257 e. The molecule has 88 valence electrons. The van der Waals surface area contributed by atoms with Crippen molar-refractivity contribution < 1.29 is 9.53 Å². The highest BCUT2D eigenvalue weighted by Gasteiger charge is 2.01. The maximum atomic E-state index is 11.3. The lowest BCUT2D eigenvalue weighted by molar-refractivity contribution is -0.123. The van der Waals surface area contributed by atoms with Gasteiger partial charge in [0.25, 0.3) is 5.91 Å². The van der Waals surface area contributed by atoms with Gasteiger partial charge in [-0.2, -0.15) is 0 Å². The number of benzene rings is 1. The summed E-state index contributed by atoms with van der Waals surface area (Å²) < 4.78 is 6.28. The number of carbonyl (C=O) groups is 1. The SMILES string of the molecule is CCCCNC(=O)COc1cccc(Br)c1. The molecule has 0 bridgehead atoms. The maximum Gasteiger partial charge on any atom is 0.257 e. The molecule has 1 N–H and O–H groups in total. The van der Waals surface area contributed by atoms with Crippen LogP contribution in [-0.2, 0) is 4.79 Å². The van der Waals surface area contributed by atoms with E-state index >= 15 is 0 Å². The van der Waals surface area contributed by atoms with E-state index in [0.717, 1.165) is 23.9 Å². The van der Waals surface area contributed by atoms with E-state index < -0.39 is 0 Å². The van der Waals surface area contributed by atoms with Crippen molar-refractivity contribution in [3.05, 3.63) is 28.7 Å². The lowest BCUT2D eigenvalue weighted by atomic mass is 10.3. The first-order chi connectivity index (χ1) is 7.72. The molecule has 0 radical (unpaired) electrons. The van der Waals surface area contributed by atoms with Crippen LogP contribution in [0.5, 0.6) is 5.75 Å². The molecular weight excluding hydrogens is 270 g/mol. The summed E-state index contributed by atoms with van der Waals surface area (Å²) in [5, 5.41) is 2.79. The molecule has 0 aromatic heterocycles. The first kappa shape index (κ1) is 13.0. The molecule has 0 saturated heterocycles. The maximum absolute atomic E-state index is 11.3. The highest BCUT2D eigenvalue weighted by Crippen LogP contribution is 2.17. The van der Waals surface area contributed by atoms with Crippen molar-refractivity contribution in [2.24, 2.45) is 0 Å². The molecule has 1 aromatic rings. The molecule has 4 heteroatoms. The number of carbonyl (C=O) groups excluding carboxylic acids is 1. The van der Waals surface area contributed by atoms with E-state index in [1.54, 1.807) is 0 Å². The molecule has 3 nitrogen and oxygen atoms in total. The van der Waals surface area contributed by atoms with Crippen LogP contribution >= 0.6 is 15.9 Å². The average molecular weight is 286 g/mol. The molecule has 0 aliphatic heterocycles. The van der Waals surface area contributed by atoms with Gasteiger partial charge in [-0.1, -0.05) is 35.3 Å². The molecule has 0 saturated carbocycles. The van der Waals surface area contributed by atoms with Gasteiger partial charge in [-0.15, -0.1) is 0 Å². The number of halogens is 1. The number of hydrogen-bond acceptors (Lipinski definition) is 2. The summed E-state index contributed by atoms with van der Waals surface area (Å²) in [6.45, 7) is 2.88. The van der Waals surface area contributed by atoms with Crippen LogP contribution < -0.4 is 10.1 Å². The van der Waals surface area contributed by atoms with E-state index in [1.165, 1.54) is 0 Å². The molecule has 0 atom stereocenters. The van der Waals surface area contributed by atoms with Crippen molar-refractivity contribution in [2.75, 3.05) is 13.2 Å². The fourth-order valence-corrected chi connectivity index (χ4v) is 1.54. The van der Waals surface area contributed by atoms with Crippen LogP contribution in [0.2, 0.25) is 0 Å². The zero-order chi connectivity index (χ0) is 11.8. The van der Waals surface area contributed by atoms with Crippen molar-refractivity contribution in [3.63, 3.8) is 0 Å². The van der Waals surface area contributed by atoms with Crippen LogP contribution in [-0.4, -0.2) is 19.1 Å². The number of nitrogens with one attached hydrogen (secondary N) is 1. The van der Waals surface area contributed by atoms with Crippen LogP contribution in [0.25, 0.3) is 0 Å². The van der Waals surface area contributed by atoms with Gasteiger partial charge >= 0.3 is 0 Å². The molecule has 0 heterocycles. The Morgan fingerprint density at radius 2 is 2.31 bits per heavy atom. The first-order valence-electron chi connectivity index (χ1n) is 5.37. The number of rotatable bonds is 6. The second-order valence-corrected chi connectivity index (χ2v) is 4.37. The predicted octanol–water partition coefficient (Wildman–Crippen LogP) is 2.74. The Bertz CT molecular complexity index is 342. The number of ether oxygens (including phenoxy) is 1. The topological polar surface area (TPSA) is 38.3 Å². The van der Waals surface area contributed by atoms with Crippen molar-refractivity contribution in [1.29, 1.82) is 0 Å². The Balaban J connectivity index is 2.26. The Morgan fingerprint density at radius 1 is 1.50 bits per heavy atom. The summed E-state index contributed by atoms with van der Waals surface area (Å²) >= 11 is 3.34. The van der Waals surface area contributed by atoms with Gasteiger partial charge in [0.15, 0.2) is 6.61 Å². The fourth-order valence-electron chi connectivity index (χ4n) is 1.16. The predicted molar refractivity (Wildman–Crippen MR) is 67.6 cm³/mol. The lowest BCUT2D eigenvalue weighted by Gasteiger charge is -2.07. The largest absolute Gasteiger partial charge is 0.484 e. The van der Waals surface area contributed by atoms with Crippen molar-refractivity contribution in [1.82, 2.24) is 5.32 Å². The third-order valence-corrected chi connectivity index (χ3v) is 2.51. The van der Waals surface area contributed by atoms with Gasteiger partial charge in [0.2, 0.25) is 0 Å². The van der Waals surface area contributed by atoms with Gasteiger partial charge in [-0.25, -0.2) is 0 Å². The minimum absolute atomic E-state index is 0.0696. The molecule has 1 aromatic carbocycles. The van der Waals surface area contributed by atoms with E-state index in [9.17, 15) is 4.79 Å². The normalized spacial score (nSPS) is 9.88. The third-order valence-electron chi connectivity index (χ3n) is 2.02. The lowest BCUT2D eigenvalue weighted by Crippen LogP contribution is -2.29. The number of unbranched alkanes of at least 4 members (excludes halogenated alkanes) is 1. The Hall–Kier alpha value is -1.03. The minimum Gasteiger partial charge on any atom is -0.484 e. The molecule has 0 spiro atoms. The van der Waals surface area contributed by atoms with Gasteiger partial charge in [0, 0.05) is 11.0 Å². The molecule has 16 heavy (non-hydrogen) atoms. The molecule has 0 unspecified atom stereocenters. The minimum atomic E-state index is -0.0755. The Morgan fingerprint density at radius 3 is 3.00 bits per heavy atom. The molecular formula is C12H16BrNO2. The quantitative estimate of drug-likeness (QED) is 0.817. The van der Waals surface area contributed by atoms with Gasteiger partial charge in [0.1, 0.15) is 5.75 Å². The second-order valence-electron chi connectivity index (χ2n) is 3.45. The zero-order valence-corrected chi connectivity index (χ0v) is 10.9. The summed E-state index contributed by atoms with van der Waals surface area (Å²) in [4.78, 5) is 11.3. The summed E-state index contributed by atoms with van der Waals surface area (Å²) in [5.74, 6) is 0.619. The zero-order valence-electron chi connectivity index (χ0n) is 9.33. The second kappa shape index (κ2) is 7.28. The van der Waals surface area contributed by atoms with Gasteiger partial charge < -0.3 is 10.1 Å². The van der Waals surface area contributed by atoms with E-state index in [-0.39, 0.29) is 12.5 Å².